The molecule has 1 aliphatic heterocycles. The van der Waals surface area contributed by atoms with E-state index in [9.17, 15) is 9.90 Å². The summed E-state index contributed by atoms with van der Waals surface area (Å²) in [6.07, 6.45) is 16.0. The Labute approximate surface area is 211 Å². The van der Waals surface area contributed by atoms with Crippen molar-refractivity contribution in [3.05, 3.63) is 98.2 Å². The predicted octanol–water partition coefficient (Wildman–Crippen LogP) is 6.22. The maximum atomic E-state index is 13.3. The van der Waals surface area contributed by atoms with Crippen molar-refractivity contribution in [1.82, 2.24) is 9.13 Å². The summed E-state index contributed by atoms with van der Waals surface area (Å²) in [6, 6.07) is 8.46. The van der Waals surface area contributed by atoms with Gasteiger partial charge < -0.3 is 10.0 Å². The Morgan fingerprint density at radius 3 is 2.69 bits per heavy atom. The van der Waals surface area contributed by atoms with Gasteiger partial charge in [0.15, 0.2) is 4.77 Å². The molecule has 5 rings (SSSR count). The second kappa shape index (κ2) is 9.34. The van der Waals surface area contributed by atoms with Crippen LogP contribution in [-0.2, 0) is 13.1 Å². The topological polar surface area (TPSA) is 50.4 Å². The molecule has 0 spiro atoms. The standard InChI is InChI=1S/C29H31N3O2S/c1-4-31-27(33)26(28(34)32(5-2)29(31)35)22-13-12-20-11-10-19(17-23(20)18-22)16-21-14-15-30(3)25-9-7-6-8-24(21)25/h6-9,13-18,20,33H,4-5,10-12H2,1-3H3. The summed E-state index contributed by atoms with van der Waals surface area (Å²) in [5.74, 6) is 0.400. The molecule has 1 unspecified atom stereocenters. The van der Waals surface area contributed by atoms with Crippen LogP contribution in [0, 0.1) is 10.7 Å². The summed E-state index contributed by atoms with van der Waals surface area (Å²) in [4.78, 5) is 15.4. The van der Waals surface area contributed by atoms with Gasteiger partial charge in [-0.15, -0.1) is 0 Å². The average molecular weight is 486 g/mol. The molecule has 1 aromatic heterocycles. The van der Waals surface area contributed by atoms with Gasteiger partial charge >= 0.3 is 0 Å². The number of hydrogen-bond donors (Lipinski definition) is 1. The van der Waals surface area contributed by atoms with E-state index in [1.807, 2.05) is 13.8 Å². The Bertz CT molecular complexity index is 1470. The minimum absolute atomic E-state index is 0.0380. The highest BCUT2D eigenvalue weighted by molar-refractivity contribution is 7.71. The van der Waals surface area contributed by atoms with Gasteiger partial charge in [0.2, 0.25) is 5.88 Å². The first-order valence-electron chi connectivity index (χ1n) is 12.3. The summed E-state index contributed by atoms with van der Waals surface area (Å²) < 4.78 is 3.56. The number of para-hydroxylation sites is 1. The molecule has 1 aromatic carbocycles. The van der Waals surface area contributed by atoms with E-state index < -0.39 is 0 Å². The van der Waals surface area contributed by atoms with Gasteiger partial charge in [0.25, 0.3) is 5.56 Å². The molecular formula is C29H31N3O2S. The zero-order valence-electron chi connectivity index (χ0n) is 20.5. The molecule has 2 aliphatic carbocycles. The molecule has 0 amide bonds. The fourth-order valence-electron chi connectivity index (χ4n) is 5.34. The van der Waals surface area contributed by atoms with Crippen molar-refractivity contribution < 1.29 is 5.11 Å². The summed E-state index contributed by atoms with van der Waals surface area (Å²) in [7, 11) is 2.07. The van der Waals surface area contributed by atoms with Crippen molar-refractivity contribution in [3.8, 4) is 5.88 Å². The first-order valence-corrected chi connectivity index (χ1v) is 12.7. The second-order valence-electron chi connectivity index (χ2n) is 9.31. The lowest BCUT2D eigenvalue weighted by molar-refractivity contribution is 0.398. The Morgan fingerprint density at radius 1 is 1.14 bits per heavy atom. The quantitative estimate of drug-likeness (QED) is 0.522. The van der Waals surface area contributed by atoms with Crippen molar-refractivity contribution in [3.63, 3.8) is 0 Å². The monoisotopic (exact) mass is 485 g/mol. The minimum atomic E-state index is -0.226. The van der Waals surface area contributed by atoms with Crippen LogP contribution in [0.25, 0.3) is 11.1 Å². The first-order chi connectivity index (χ1) is 16.9. The second-order valence-corrected chi connectivity index (χ2v) is 9.68. The fourth-order valence-corrected chi connectivity index (χ4v) is 5.77. The van der Waals surface area contributed by atoms with Gasteiger partial charge in [0.1, 0.15) is 5.56 Å². The largest absolute Gasteiger partial charge is 0.494 e. The highest BCUT2D eigenvalue weighted by Crippen LogP contribution is 2.40. The minimum Gasteiger partial charge on any atom is -0.494 e. The van der Waals surface area contributed by atoms with E-state index >= 15 is 0 Å². The molecular weight excluding hydrogens is 454 g/mol. The number of aromatic hydroxyl groups is 1. The summed E-state index contributed by atoms with van der Waals surface area (Å²) in [5.41, 5.74) is 7.06. The Balaban J connectivity index is 1.56. The third kappa shape index (κ3) is 4.06. The van der Waals surface area contributed by atoms with Crippen molar-refractivity contribution >= 4 is 29.1 Å². The van der Waals surface area contributed by atoms with Crippen molar-refractivity contribution in [2.45, 2.75) is 46.2 Å². The Hall–Kier alpha value is -3.38. The van der Waals surface area contributed by atoms with Crippen molar-refractivity contribution in [1.29, 1.82) is 0 Å². The number of anilines is 1. The lowest BCUT2D eigenvalue weighted by Gasteiger charge is -2.28. The van der Waals surface area contributed by atoms with Crippen molar-refractivity contribution in [2.24, 2.45) is 5.92 Å². The number of nitrogens with zero attached hydrogens (tertiary/aromatic N) is 3. The summed E-state index contributed by atoms with van der Waals surface area (Å²) >= 11 is 5.45. The molecule has 3 aliphatic rings. The molecule has 1 N–H and O–H groups in total. The van der Waals surface area contributed by atoms with Crippen LogP contribution in [0.4, 0.5) is 5.69 Å². The summed E-state index contributed by atoms with van der Waals surface area (Å²) in [5, 5.41) is 11.0. The third-order valence-electron chi connectivity index (χ3n) is 7.28. The maximum absolute atomic E-state index is 13.3. The first kappa shape index (κ1) is 23.4. The third-order valence-corrected chi connectivity index (χ3v) is 7.73. The molecule has 6 heteroatoms. The molecule has 2 heterocycles. The van der Waals surface area contributed by atoms with Gasteiger partial charge in [-0.05, 0) is 85.7 Å². The Morgan fingerprint density at radius 2 is 1.91 bits per heavy atom. The van der Waals surface area contributed by atoms with E-state index in [2.05, 4.69) is 72.8 Å². The van der Waals surface area contributed by atoms with Gasteiger partial charge in [-0.3, -0.25) is 13.9 Å². The number of benzene rings is 1. The summed E-state index contributed by atoms with van der Waals surface area (Å²) in [6.45, 7) is 4.80. The lowest BCUT2D eigenvalue weighted by Crippen LogP contribution is -2.28. The van der Waals surface area contributed by atoms with Gasteiger partial charge in [0, 0.05) is 37.6 Å². The molecule has 35 heavy (non-hydrogen) atoms. The van der Waals surface area contributed by atoms with E-state index in [1.165, 1.54) is 28.0 Å². The zero-order chi connectivity index (χ0) is 24.7. The fraction of sp³-hybridized carbons (Fsp3) is 0.310. The zero-order valence-corrected chi connectivity index (χ0v) is 21.3. The average Bonchev–Trinajstić information content (AvgIpc) is 2.86. The van der Waals surface area contributed by atoms with E-state index in [4.69, 9.17) is 12.2 Å². The molecule has 0 radical (unpaired) electrons. The number of fused-ring (bicyclic) bond motifs is 2. The molecule has 0 saturated heterocycles. The Kier molecular flexibility index (Phi) is 6.24. The van der Waals surface area contributed by atoms with Crippen LogP contribution in [0.5, 0.6) is 5.88 Å². The number of aromatic nitrogens is 2. The van der Waals surface area contributed by atoms with Crippen LogP contribution in [0.15, 0.2) is 76.8 Å². The van der Waals surface area contributed by atoms with Crippen molar-refractivity contribution in [2.75, 3.05) is 11.9 Å². The highest BCUT2D eigenvalue weighted by atomic mass is 32.1. The van der Waals surface area contributed by atoms with E-state index in [-0.39, 0.29) is 11.4 Å². The number of hydrogen-bond acceptors (Lipinski definition) is 4. The van der Waals surface area contributed by atoms with Crippen LogP contribution in [0.3, 0.4) is 0 Å². The van der Waals surface area contributed by atoms with Gasteiger partial charge in [-0.2, -0.15) is 0 Å². The number of allylic oxidation sites excluding steroid dienone is 9. The van der Waals surface area contributed by atoms with Crippen LogP contribution < -0.4 is 10.5 Å². The lowest BCUT2D eigenvalue weighted by atomic mass is 9.78. The molecule has 1 atom stereocenters. The molecule has 0 fully saturated rings. The number of rotatable bonds is 4. The van der Waals surface area contributed by atoms with Crippen LogP contribution in [0.2, 0.25) is 0 Å². The SMILES string of the molecule is CCn1c(O)c(C2=CCC3CCC(C=C4C=CN(C)c5ccccc54)=CC3=C2)c(=O)n(CC)c1=S. The van der Waals surface area contributed by atoms with E-state index in [0.29, 0.717) is 29.3 Å². The van der Waals surface area contributed by atoms with Gasteiger partial charge in [-0.1, -0.05) is 42.5 Å². The molecule has 180 valence electrons. The molecule has 0 bridgehead atoms. The predicted molar refractivity (Wildman–Crippen MR) is 146 cm³/mol. The van der Waals surface area contributed by atoms with E-state index in [0.717, 1.165) is 24.8 Å². The van der Waals surface area contributed by atoms with Gasteiger partial charge in [-0.25, -0.2) is 0 Å². The normalized spacial score (nSPS) is 20.2. The maximum Gasteiger partial charge on any atom is 0.266 e. The molecule has 0 saturated carbocycles. The smallest absolute Gasteiger partial charge is 0.266 e. The highest BCUT2D eigenvalue weighted by Gasteiger charge is 2.25. The van der Waals surface area contributed by atoms with Crippen LogP contribution >= 0.6 is 12.2 Å². The van der Waals surface area contributed by atoms with Gasteiger partial charge in [0.05, 0.1) is 0 Å². The van der Waals surface area contributed by atoms with E-state index in [1.54, 1.807) is 9.13 Å². The molecule has 2 aromatic rings. The van der Waals surface area contributed by atoms with Crippen LogP contribution in [-0.4, -0.2) is 21.3 Å². The molecule has 5 nitrogen and oxygen atoms in total. The van der Waals surface area contributed by atoms with Crippen LogP contribution in [0.1, 0.15) is 44.2 Å².